The van der Waals surface area contributed by atoms with Crippen LogP contribution in [0.15, 0.2) is 30.3 Å². The second kappa shape index (κ2) is 11.5. The molecule has 0 spiro atoms. The van der Waals surface area contributed by atoms with Gasteiger partial charge in [0.05, 0.1) is 20.8 Å². The Morgan fingerprint density at radius 1 is 0.868 bits per heavy atom. The van der Waals surface area contributed by atoms with Crippen molar-refractivity contribution in [1.29, 1.82) is 0 Å². The van der Waals surface area contributed by atoms with Crippen LogP contribution in [0, 0.1) is 11.8 Å². The third-order valence-corrected chi connectivity index (χ3v) is 7.96. The highest BCUT2D eigenvalue weighted by molar-refractivity contribution is 5.67. The molecule has 0 aromatic heterocycles. The maximum atomic E-state index is 12.2. The van der Waals surface area contributed by atoms with E-state index in [-0.39, 0.29) is 41.8 Å². The van der Waals surface area contributed by atoms with E-state index in [1.807, 2.05) is 6.07 Å². The summed E-state index contributed by atoms with van der Waals surface area (Å²) >= 11 is 0. The summed E-state index contributed by atoms with van der Waals surface area (Å²) in [7, 11) is 2.97. The Labute approximate surface area is 222 Å². The van der Waals surface area contributed by atoms with E-state index in [1.54, 1.807) is 24.3 Å². The van der Waals surface area contributed by atoms with Gasteiger partial charge in [0.2, 0.25) is 0 Å². The average molecular weight is 529 g/mol. The molecular formula is C29H36O9. The van der Waals surface area contributed by atoms with Gasteiger partial charge in [-0.1, -0.05) is 6.07 Å². The number of ether oxygens (including phenoxy) is 4. The van der Waals surface area contributed by atoms with Gasteiger partial charge in [0.15, 0.2) is 23.0 Å². The van der Waals surface area contributed by atoms with E-state index in [0.717, 1.165) is 16.7 Å². The standard InChI is InChI=1S/C29H36O9/c1-15(31)37-20-7-18(17-5-6-25(33)28(10-17)35-3)8-22-23(27(12-20)38-16(2)32)9-19-11-29(36-4)26(34)13-21(19)24(22)14-30/h5-6,10-11,13,18,20,22-24,27,30,33-34H,7-9,12,14H2,1-4H3/t18-,20+,22-,23+,24-,27-/m1/s1. The molecule has 0 saturated heterocycles. The van der Waals surface area contributed by atoms with Crippen molar-refractivity contribution in [1.82, 2.24) is 0 Å². The second-order valence-electron chi connectivity index (χ2n) is 10.3. The molecule has 4 rings (SSSR count). The average Bonchev–Trinajstić information content (AvgIpc) is 2.86. The highest BCUT2D eigenvalue weighted by Crippen LogP contribution is 2.51. The van der Waals surface area contributed by atoms with Crippen LogP contribution in [0.2, 0.25) is 0 Å². The van der Waals surface area contributed by atoms with E-state index < -0.39 is 24.1 Å². The van der Waals surface area contributed by atoms with E-state index in [0.29, 0.717) is 37.2 Å². The predicted octanol–water partition coefficient (Wildman–Crippen LogP) is 3.81. The molecule has 2 aromatic rings. The lowest BCUT2D eigenvalue weighted by Crippen LogP contribution is -2.45. The van der Waals surface area contributed by atoms with Gasteiger partial charge in [-0.05, 0) is 72.1 Å². The molecule has 0 aliphatic heterocycles. The summed E-state index contributed by atoms with van der Waals surface area (Å²) in [6, 6.07) is 8.63. The number of aliphatic hydroxyl groups is 1. The molecule has 2 aliphatic rings. The SMILES string of the molecule is COc1cc([C@@H]2C[C@H](OC(C)=O)C[C@@H](OC(C)=O)[C@H]3Cc4cc(OC)c(O)cc4[C@@H](CO)[C@@H]3C2)ccc1O. The number of fused-ring (bicyclic) bond motifs is 2. The number of carbonyl (C=O) groups excluding carboxylic acids is 2. The molecule has 2 aliphatic carbocycles. The molecule has 0 unspecified atom stereocenters. The summed E-state index contributed by atoms with van der Waals surface area (Å²) in [6.07, 6.45) is 0.849. The van der Waals surface area contributed by atoms with E-state index in [4.69, 9.17) is 18.9 Å². The first kappa shape index (κ1) is 27.6. The van der Waals surface area contributed by atoms with Crippen LogP contribution in [-0.4, -0.2) is 60.3 Å². The number of aliphatic hydroxyl groups excluding tert-OH is 1. The monoisotopic (exact) mass is 528 g/mol. The summed E-state index contributed by atoms with van der Waals surface area (Å²) < 4.78 is 22.2. The number of hydrogen-bond acceptors (Lipinski definition) is 9. The molecule has 0 amide bonds. The lowest BCUT2D eigenvalue weighted by atomic mass is 9.61. The normalized spacial score (nSPS) is 26.7. The third-order valence-electron chi connectivity index (χ3n) is 7.96. The molecular weight excluding hydrogens is 492 g/mol. The second-order valence-corrected chi connectivity index (χ2v) is 10.3. The fraction of sp³-hybridized carbons (Fsp3) is 0.517. The Morgan fingerprint density at radius 2 is 1.55 bits per heavy atom. The first-order valence-corrected chi connectivity index (χ1v) is 12.9. The van der Waals surface area contributed by atoms with Crippen molar-refractivity contribution < 1.29 is 43.9 Å². The number of methoxy groups -OCH3 is 2. The van der Waals surface area contributed by atoms with Crippen molar-refractivity contribution in [2.75, 3.05) is 20.8 Å². The van der Waals surface area contributed by atoms with Gasteiger partial charge < -0.3 is 34.3 Å². The van der Waals surface area contributed by atoms with Crippen molar-refractivity contribution in [2.24, 2.45) is 11.8 Å². The van der Waals surface area contributed by atoms with Gasteiger partial charge in [-0.2, -0.15) is 0 Å². The molecule has 2 aromatic carbocycles. The molecule has 1 fully saturated rings. The van der Waals surface area contributed by atoms with Crippen LogP contribution in [0.3, 0.4) is 0 Å². The third kappa shape index (κ3) is 5.67. The first-order chi connectivity index (χ1) is 18.1. The molecule has 9 nitrogen and oxygen atoms in total. The van der Waals surface area contributed by atoms with Gasteiger partial charge in [0, 0.05) is 32.1 Å². The maximum Gasteiger partial charge on any atom is 0.302 e. The lowest BCUT2D eigenvalue weighted by molar-refractivity contribution is -0.159. The first-order valence-electron chi connectivity index (χ1n) is 12.9. The van der Waals surface area contributed by atoms with Crippen LogP contribution >= 0.6 is 0 Å². The van der Waals surface area contributed by atoms with Gasteiger partial charge in [-0.25, -0.2) is 0 Å². The number of benzene rings is 2. The lowest BCUT2D eigenvalue weighted by Gasteiger charge is -2.46. The van der Waals surface area contributed by atoms with Gasteiger partial charge in [0.25, 0.3) is 0 Å². The zero-order chi connectivity index (χ0) is 27.6. The summed E-state index contributed by atoms with van der Waals surface area (Å²) in [6.45, 7) is 2.56. The molecule has 6 atom stereocenters. The summed E-state index contributed by atoms with van der Waals surface area (Å²) in [5.74, 6) is -0.884. The number of carbonyl (C=O) groups is 2. The highest BCUT2D eigenvalue weighted by atomic mass is 16.6. The Morgan fingerprint density at radius 3 is 2.18 bits per heavy atom. The Kier molecular flexibility index (Phi) is 8.35. The summed E-state index contributed by atoms with van der Waals surface area (Å²) in [5, 5.41) is 31.3. The van der Waals surface area contributed by atoms with Gasteiger partial charge in [0.1, 0.15) is 12.2 Å². The minimum atomic E-state index is -0.542. The van der Waals surface area contributed by atoms with E-state index >= 15 is 0 Å². The smallest absolute Gasteiger partial charge is 0.302 e. The zero-order valence-corrected chi connectivity index (χ0v) is 22.2. The topological polar surface area (TPSA) is 132 Å². The quantitative estimate of drug-likeness (QED) is 0.479. The number of esters is 2. The molecule has 0 bridgehead atoms. The van der Waals surface area contributed by atoms with E-state index in [1.165, 1.54) is 28.1 Å². The van der Waals surface area contributed by atoms with Crippen LogP contribution in [0.1, 0.15) is 61.6 Å². The number of rotatable bonds is 6. The largest absolute Gasteiger partial charge is 0.504 e. The molecule has 0 heterocycles. The number of hydrogen-bond donors (Lipinski definition) is 3. The summed E-state index contributed by atoms with van der Waals surface area (Å²) in [4.78, 5) is 24.2. The molecule has 3 N–H and O–H groups in total. The maximum absolute atomic E-state index is 12.2. The zero-order valence-electron chi connectivity index (χ0n) is 22.2. The minimum Gasteiger partial charge on any atom is -0.504 e. The molecule has 1 saturated carbocycles. The molecule has 206 valence electrons. The number of phenols is 2. The number of aromatic hydroxyl groups is 2. The van der Waals surface area contributed by atoms with Gasteiger partial charge >= 0.3 is 11.9 Å². The van der Waals surface area contributed by atoms with Gasteiger partial charge in [-0.3, -0.25) is 9.59 Å². The van der Waals surface area contributed by atoms with Crippen molar-refractivity contribution >= 4 is 11.9 Å². The van der Waals surface area contributed by atoms with Crippen LogP contribution < -0.4 is 9.47 Å². The fourth-order valence-corrected chi connectivity index (χ4v) is 6.40. The van der Waals surface area contributed by atoms with Crippen LogP contribution in [0.5, 0.6) is 23.0 Å². The fourth-order valence-electron chi connectivity index (χ4n) is 6.40. The van der Waals surface area contributed by atoms with Crippen LogP contribution in [0.4, 0.5) is 0 Å². The number of phenolic OH excluding ortho intramolecular Hbond substituents is 2. The summed E-state index contributed by atoms with van der Waals surface area (Å²) in [5.41, 5.74) is 2.65. The molecule has 38 heavy (non-hydrogen) atoms. The van der Waals surface area contributed by atoms with E-state index in [2.05, 4.69) is 0 Å². The van der Waals surface area contributed by atoms with Gasteiger partial charge in [-0.15, -0.1) is 0 Å². The molecule has 9 heteroatoms. The Balaban J connectivity index is 1.83. The minimum absolute atomic E-state index is 0.000253. The van der Waals surface area contributed by atoms with E-state index in [9.17, 15) is 24.9 Å². The van der Waals surface area contributed by atoms with Crippen molar-refractivity contribution in [3.8, 4) is 23.0 Å². The van der Waals surface area contributed by atoms with Crippen molar-refractivity contribution in [3.63, 3.8) is 0 Å². The Hall–Kier alpha value is -3.46. The van der Waals surface area contributed by atoms with Crippen molar-refractivity contribution in [2.45, 2.75) is 63.6 Å². The predicted molar refractivity (Wildman–Crippen MR) is 138 cm³/mol. The van der Waals surface area contributed by atoms with Crippen molar-refractivity contribution in [3.05, 3.63) is 47.0 Å². The highest BCUT2D eigenvalue weighted by Gasteiger charge is 2.46. The van der Waals surface area contributed by atoms with Crippen LogP contribution in [-0.2, 0) is 25.5 Å². The Bertz CT molecular complexity index is 1180. The molecule has 0 radical (unpaired) electrons. The van der Waals surface area contributed by atoms with Crippen LogP contribution in [0.25, 0.3) is 0 Å².